The van der Waals surface area contributed by atoms with Crippen molar-refractivity contribution in [2.45, 2.75) is 32.4 Å². The summed E-state index contributed by atoms with van der Waals surface area (Å²) in [5.41, 5.74) is 1.63. The second-order valence-corrected chi connectivity index (χ2v) is 7.13. The Bertz CT molecular complexity index is 384. The Labute approximate surface area is 108 Å². The Morgan fingerprint density at radius 3 is 2.50 bits per heavy atom. The van der Waals surface area contributed by atoms with E-state index in [9.17, 15) is 4.55 Å². The van der Waals surface area contributed by atoms with E-state index in [4.69, 9.17) is 0 Å². The van der Waals surface area contributed by atoms with Gasteiger partial charge < -0.3 is 4.55 Å². The second kappa shape index (κ2) is 5.29. The number of pyridine rings is 1. The van der Waals surface area contributed by atoms with Crippen molar-refractivity contribution in [1.82, 2.24) is 4.98 Å². The van der Waals surface area contributed by atoms with Crippen LogP contribution in [0.3, 0.4) is 0 Å². The highest BCUT2D eigenvalue weighted by Gasteiger charge is 2.26. The van der Waals surface area contributed by atoms with Crippen LogP contribution < -0.4 is 0 Å². The SMILES string of the molecule is CC(=N[S+]([O-])C(C)(C)C)c1ccc(Br)nc1. The summed E-state index contributed by atoms with van der Waals surface area (Å²) in [7, 11) is 0. The summed E-state index contributed by atoms with van der Waals surface area (Å²) < 4.78 is 16.4. The highest BCUT2D eigenvalue weighted by molar-refractivity contribution is 9.10. The van der Waals surface area contributed by atoms with Crippen LogP contribution in [0.25, 0.3) is 0 Å². The zero-order valence-electron chi connectivity index (χ0n) is 9.82. The molecule has 0 radical (unpaired) electrons. The molecule has 3 nitrogen and oxygen atoms in total. The first-order chi connectivity index (χ1) is 7.30. The van der Waals surface area contributed by atoms with Gasteiger partial charge in [0.2, 0.25) is 0 Å². The zero-order chi connectivity index (χ0) is 12.3. The van der Waals surface area contributed by atoms with Gasteiger partial charge in [0.15, 0.2) is 0 Å². The van der Waals surface area contributed by atoms with Gasteiger partial charge in [0, 0.05) is 11.8 Å². The van der Waals surface area contributed by atoms with Crippen molar-refractivity contribution in [2.24, 2.45) is 4.40 Å². The molecule has 1 rings (SSSR count). The summed E-state index contributed by atoms with van der Waals surface area (Å²) in [6.07, 6.45) is 1.71. The van der Waals surface area contributed by atoms with Gasteiger partial charge in [-0.3, -0.25) is 0 Å². The van der Waals surface area contributed by atoms with Crippen molar-refractivity contribution in [3.8, 4) is 0 Å². The summed E-state index contributed by atoms with van der Waals surface area (Å²) in [6, 6.07) is 3.74. The van der Waals surface area contributed by atoms with E-state index < -0.39 is 11.4 Å². The molecule has 0 bridgehead atoms. The van der Waals surface area contributed by atoms with E-state index in [1.807, 2.05) is 39.8 Å². The van der Waals surface area contributed by atoms with Gasteiger partial charge in [-0.05, 0) is 55.8 Å². The molecule has 5 heteroatoms. The van der Waals surface area contributed by atoms with E-state index in [0.717, 1.165) is 15.9 Å². The van der Waals surface area contributed by atoms with Gasteiger partial charge in [-0.15, -0.1) is 0 Å². The van der Waals surface area contributed by atoms with Crippen LogP contribution in [0.1, 0.15) is 33.3 Å². The monoisotopic (exact) mass is 302 g/mol. The maximum absolute atomic E-state index is 11.8. The van der Waals surface area contributed by atoms with Crippen molar-refractivity contribution >= 4 is 33.0 Å². The average molecular weight is 303 g/mol. The molecule has 0 fully saturated rings. The van der Waals surface area contributed by atoms with E-state index in [1.54, 1.807) is 6.20 Å². The fourth-order valence-electron chi connectivity index (χ4n) is 0.904. The first-order valence-electron chi connectivity index (χ1n) is 4.90. The molecule has 0 aliphatic rings. The van der Waals surface area contributed by atoms with Crippen LogP contribution in [-0.4, -0.2) is 20.0 Å². The lowest BCUT2D eigenvalue weighted by atomic mass is 10.2. The van der Waals surface area contributed by atoms with Crippen LogP contribution in [-0.2, 0) is 11.4 Å². The predicted molar refractivity (Wildman–Crippen MR) is 72.0 cm³/mol. The molecule has 1 aromatic heterocycles. The lowest BCUT2D eigenvalue weighted by Crippen LogP contribution is -2.26. The molecular weight excluding hydrogens is 288 g/mol. The Balaban J connectivity index is 2.89. The molecule has 0 N–H and O–H groups in total. The van der Waals surface area contributed by atoms with Gasteiger partial charge in [-0.1, -0.05) is 4.40 Å². The first kappa shape index (κ1) is 13.7. The normalized spacial score (nSPS) is 15.0. The van der Waals surface area contributed by atoms with Crippen LogP contribution >= 0.6 is 15.9 Å². The highest BCUT2D eigenvalue weighted by Crippen LogP contribution is 2.18. The summed E-state index contributed by atoms with van der Waals surface area (Å²) in [4.78, 5) is 4.11. The molecule has 0 amide bonds. The number of halogens is 1. The Morgan fingerprint density at radius 1 is 1.44 bits per heavy atom. The van der Waals surface area contributed by atoms with Crippen LogP contribution in [0.4, 0.5) is 0 Å². The predicted octanol–water partition coefficient (Wildman–Crippen LogP) is 3.12. The lowest BCUT2D eigenvalue weighted by Gasteiger charge is -2.18. The molecule has 1 aromatic rings. The van der Waals surface area contributed by atoms with E-state index >= 15 is 0 Å². The van der Waals surface area contributed by atoms with Gasteiger partial charge in [0.25, 0.3) is 0 Å². The fourth-order valence-corrected chi connectivity index (χ4v) is 1.77. The van der Waals surface area contributed by atoms with Crippen LogP contribution in [0, 0.1) is 0 Å². The highest BCUT2D eigenvalue weighted by atomic mass is 79.9. The molecule has 16 heavy (non-hydrogen) atoms. The quantitative estimate of drug-likeness (QED) is 0.479. The van der Waals surface area contributed by atoms with Crippen molar-refractivity contribution in [3.63, 3.8) is 0 Å². The maximum Gasteiger partial charge on any atom is 0.144 e. The third-order valence-corrected chi connectivity index (χ3v) is 3.85. The standard InChI is InChI=1S/C11H15BrN2OS/c1-8(14-16(15)11(2,3)4)9-5-6-10(12)13-7-9/h5-7H,1-4H3. The minimum absolute atomic E-state index is 0.329. The number of hydrogen-bond donors (Lipinski definition) is 0. The van der Waals surface area contributed by atoms with Gasteiger partial charge in [-0.25, -0.2) is 4.98 Å². The zero-order valence-corrected chi connectivity index (χ0v) is 12.2. The molecular formula is C11H15BrN2OS. The van der Waals surface area contributed by atoms with E-state index in [2.05, 4.69) is 25.3 Å². The molecule has 88 valence electrons. The molecule has 0 spiro atoms. The lowest BCUT2D eigenvalue weighted by molar-refractivity contribution is 0.561. The summed E-state index contributed by atoms with van der Waals surface area (Å²) in [5, 5.41) is 0. The van der Waals surface area contributed by atoms with Crippen LogP contribution in [0.2, 0.25) is 0 Å². The van der Waals surface area contributed by atoms with Gasteiger partial charge in [0.05, 0.1) is 5.71 Å². The fraction of sp³-hybridized carbons (Fsp3) is 0.455. The van der Waals surface area contributed by atoms with Crippen LogP contribution in [0.15, 0.2) is 27.3 Å². The first-order valence-corrected chi connectivity index (χ1v) is 6.80. The molecule has 0 aliphatic heterocycles. The number of hydrogen-bond acceptors (Lipinski definition) is 3. The van der Waals surface area contributed by atoms with E-state index in [0.29, 0.717) is 0 Å². The molecule has 0 aliphatic carbocycles. The third-order valence-electron chi connectivity index (χ3n) is 1.89. The molecule has 1 atom stereocenters. The van der Waals surface area contributed by atoms with Gasteiger partial charge in [-0.2, -0.15) is 0 Å². The largest absolute Gasteiger partial charge is 0.591 e. The van der Waals surface area contributed by atoms with Crippen molar-refractivity contribution in [3.05, 3.63) is 28.5 Å². The van der Waals surface area contributed by atoms with Gasteiger partial charge >= 0.3 is 0 Å². The average Bonchev–Trinajstić information content (AvgIpc) is 2.17. The molecule has 0 saturated heterocycles. The van der Waals surface area contributed by atoms with Gasteiger partial charge in [0.1, 0.15) is 20.7 Å². The Kier molecular flexibility index (Phi) is 4.52. The van der Waals surface area contributed by atoms with Crippen molar-refractivity contribution in [1.29, 1.82) is 0 Å². The minimum Gasteiger partial charge on any atom is -0.591 e. The Morgan fingerprint density at radius 2 is 2.06 bits per heavy atom. The van der Waals surface area contributed by atoms with Crippen LogP contribution in [0.5, 0.6) is 0 Å². The molecule has 0 aromatic carbocycles. The molecule has 1 heterocycles. The number of aromatic nitrogens is 1. The van der Waals surface area contributed by atoms with Crippen molar-refractivity contribution < 1.29 is 4.55 Å². The second-order valence-electron chi connectivity index (χ2n) is 4.41. The molecule has 1 unspecified atom stereocenters. The number of nitrogens with zero attached hydrogens (tertiary/aromatic N) is 2. The summed E-state index contributed by atoms with van der Waals surface area (Å²) in [5.74, 6) is 0. The molecule has 0 saturated carbocycles. The Hall–Kier alpha value is -0.390. The van der Waals surface area contributed by atoms with E-state index in [1.165, 1.54) is 0 Å². The summed E-state index contributed by atoms with van der Waals surface area (Å²) >= 11 is 2.04. The maximum atomic E-state index is 11.8. The summed E-state index contributed by atoms with van der Waals surface area (Å²) in [6.45, 7) is 7.55. The third kappa shape index (κ3) is 3.88. The van der Waals surface area contributed by atoms with Crippen molar-refractivity contribution in [2.75, 3.05) is 0 Å². The minimum atomic E-state index is -1.22. The number of rotatable bonds is 2. The van der Waals surface area contributed by atoms with E-state index in [-0.39, 0.29) is 4.75 Å². The topological polar surface area (TPSA) is 48.3 Å². The smallest absolute Gasteiger partial charge is 0.144 e.